The fourth-order valence-electron chi connectivity index (χ4n) is 1.56. The Hall–Kier alpha value is -0.290. The summed E-state index contributed by atoms with van der Waals surface area (Å²) in [5, 5.41) is 0. The van der Waals surface area contributed by atoms with E-state index in [-0.39, 0.29) is 19.1 Å². The molecule has 1 saturated heterocycles. The molecule has 15 heavy (non-hydrogen) atoms. The van der Waals surface area contributed by atoms with Gasteiger partial charge in [-0.15, -0.1) is 0 Å². The number of halogens is 3. The van der Waals surface area contributed by atoms with Crippen LogP contribution in [0.3, 0.4) is 0 Å². The monoisotopic (exact) mass is 226 g/mol. The van der Waals surface area contributed by atoms with E-state index in [1.165, 1.54) is 0 Å². The molecule has 1 atom stereocenters. The van der Waals surface area contributed by atoms with Crippen LogP contribution in [0.4, 0.5) is 13.2 Å². The molecular formula is C10H17F3O2. The summed E-state index contributed by atoms with van der Waals surface area (Å²) in [5.74, 6) is 0. The summed E-state index contributed by atoms with van der Waals surface area (Å²) in [4.78, 5) is 0. The molecule has 0 N–H and O–H groups in total. The maximum Gasteiger partial charge on any atom is 0.389 e. The third-order valence-electron chi connectivity index (χ3n) is 2.36. The maximum atomic E-state index is 11.7. The van der Waals surface area contributed by atoms with Gasteiger partial charge in [-0.2, -0.15) is 13.2 Å². The van der Waals surface area contributed by atoms with E-state index >= 15 is 0 Å². The molecule has 1 unspecified atom stereocenters. The van der Waals surface area contributed by atoms with Crippen LogP contribution in [-0.2, 0) is 9.47 Å². The summed E-state index contributed by atoms with van der Waals surface area (Å²) >= 11 is 0. The molecule has 0 amide bonds. The molecule has 0 spiro atoms. The average Bonchev–Trinajstić information content (AvgIpc) is 2.61. The molecule has 0 aromatic heterocycles. The number of hydrogen-bond donors (Lipinski definition) is 0. The summed E-state index contributed by atoms with van der Waals surface area (Å²) in [6.07, 6.45) is -1.58. The molecule has 1 rings (SSSR count). The Labute approximate surface area is 87.7 Å². The largest absolute Gasteiger partial charge is 0.389 e. The van der Waals surface area contributed by atoms with Crippen molar-refractivity contribution in [1.29, 1.82) is 0 Å². The maximum absolute atomic E-state index is 11.7. The summed E-state index contributed by atoms with van der Waals surface area (Å²) in [6, 6.07) is 0. The van der Waals surface area contributed by atoms with E-state index in [0.717, 1.165) is 25.9 Å². The molecule has 0 saturated carbocycles. The lowest BCUT2D eigenvalue weighted by Crippen LogP contribution is -2.12. The molecule has 0 bridgehead atoms. The van der Waals surface area contributed by atoms with E-state index in [1.54, 1.807) is 0 Å². The van der Waals surface area contributed by atoms with Crippen molar-refractivity contribution in [2.45, 2.75) is 44.4 Å². The Kier molecular flexibility index (Phi) is 5.39. The zero-order chi connectivity index (χ0) is 11.1. The summed E-state index contributed by atoms with van der Waals surface area (Å²) in [7, 11) is 0. The lowest BCUT2D eigenvalue weighted by molar-refractivity contribution is -0.138. The molecule has 5 heteroatoms. The van der Waals surface area contributed by atoms with Gasteiger partial charge in [-0.25, -0.2) is 0 Å². The molecule has 0 aliphatic carbocycles. The summed E-state index contributed by atoms with van der Waals surface area (Å²) in [6.45, 7) is 1.49. The minimum absolute atomic E-state index is 0.0506. The van der Waals surface area contributed by atoms with Gasteiger partial charge in [0.2, 0.25) is 0 Å². The molecule has 1 heterocycles. The quantitative estimate of drug-likeness (QED) is 0.648. The standard InChI is InChI=1S/C10H17F3O2/c11-10(12,13)5-2-6-14-8-4-9-3-1-7-15-9/h9H,1-8H2. The molecule has 0 radical (unpaired) electrons. The first-order valence-corrected chi connectivity index (χ1v) is 5.34. The van der Waals surface area contributed by atoms with Crippen LogP contribution in [-0.4, -0.2) is 32.1 Å². The van der Waals surface area contributed by atoms with Crippen LogP contribution in [0, 0.1) is 0 Å². The van der Waals surface area contributed by atoms with E-state index in [2.05, 4.69) is 0 Å². The SMILES string of the molecule is FC(F)(F)CCCOCCC1CCCO1. The highest BCUT2D eigenvalue weighted by Gasteiger charge is 2.25. The van der Waals surface area contributed by atoms with Crippen LogP contribution in [0.25, 0.3) is 0 Å². The topological polar surface area (TPSA) is 18.5 Å². The Morgan fingerprint density at radius 1 is 1.27 bits per heavy atom. The van der Waals surface area contributed by atoms with Gasteiger partial charge in [0.25, 0.3) is 0 Å². The van der Waals surface area contributed by atoms with Gasteiger partial charge in [-0.1, -0.05) is 0 Å². The van der Waals surface area contributed by atoms with Crippen molar-refractivity contribution in [3.63, 3.8) is 0 Å². The normalized spacial score (nSPS) is 22.2. The van der Waals surface area contributed by atoms with Crippen molar-refractivity contribution in [2.24, 2.45) is 0 Å². The third-order valence-corrected chi connectivity index (χ3v) is 2.36. The highest BCUT2D eigenvalue weighted by Crippen LogP contribution is 2.21. The fraction of sp³-hybridized carbons (Fsp3) is 1.00. The summed E-state index contributed by atoms with van der Waals surface area (Å²) < 4.78 is 45.7. The van der Waals surface area contributed by atoms with E-state index < -0.39 is 12.6 Å². The Balaban J connectivity index is 1.84. The van der Waals surface area contributed by atoms with Gasteiger partial charge in [-0.3, -0.25) is 0 Å². The van der Waals surface area contributed by atoms with Crippen molar-refractivity contribution < 1.29 is 22.6 Å². The smallest absolute Gasteiger partial charge is 0.381 e. The zero-order valence-electron chi connectivity index (χ0n) is 8.68. The minimum Gasteiger partial charge on any atom is -0.381 e. The van der Waals surface area contributed by atoms with Crippen LogP contribution >= 0.6 is 0 Å². The van der Waals surface area contributed by atoms with Crippen LogP contribution in [0.5, 0.6) is 0 Å². The highest BCUT2D eigenvalue weighted by molar-refractivity contribution is 4.63. The van der Waals surface area contributed by atoms with Crippen LogP contribution in [0.15, 0.2) is 0 Å². The van der Waals surface area contributed by atoms with Crippen molar-refractivity contribution in [2.75, 3.05) is 19.8 Å². The zero-order valence-corrected chi connectivity index (χ0v) is 8.68. The first-order chi connectivity index (χ1) is 7.08. The number of alkyl halides is 3. The van der Waals surface area contributed by atoms with Gasteiger partial charge >= 0.3 is 6.18 Å². The fourth-order valence-corrected chi connectivity index (χ4v) is 1.56. The predicted octanol–water partition coefficient (Wildman–Crippen LogP) is 2.91. The first-order valence-electron chi connectivity index (χ1n) is 5.34. The van der Waals surface area contributed by atoms with E-state index in [0.29, 0.717) is 6.61 Å². The third kappa shape index (κ3) is 6.73. The lowest BCUT2D eigenvalue weighted by Gasteiger charge is -2.10. The average molecular weight is 226 g/mol. The van der Waals surface area contributed by atoms with E-state index in [4.69, 9.17) is 9.47 Å². The van der Waals surface area contributed by atoms with Crippen LogP contribution < -0.4 is 0 Å². The second-order valence-corrected chi connectivity index (χ2v) is 3.75. The van der Waals surface area contributed by atoms with Crippen molar-refractivity contribution in [1.82, 2.24) is 0 Å². The Morgan fingerprint density at radius 3 is 2.67 bits per heavy atom. The lowest BCUT2D eigenvalue weighted by atomic mass is 10.2. The first kappa shape index (κ1) is 12.8. The second-order valence-electron chi connectivity index (χ2n) is 3.75. The molecule has 90 valence electrons. The van der Waals surface area contributed by atoms with Crippen molar-refractivity contribution >= 4 is 0 Å². The molecule has 1 fully saturated rings. The molecule has 1 aliphatic heterocycles. The van der Waals surface area contributed by atoms with Gasteiger partial charge in [0, 0.05) is 26.2 Å². The Bertz CT molecular complexity index is 165. The predicted molar refractivity (Wildman–Crippen MR) is 49.7 cm³/mol. The summed E-state index contributed by atoms with van der Waals surface area (Å²) in [5.41, 5.74) is 0. The minimum atomic E-state index is -4.06. The van der Waals surface area contributed by atoms with Gasteiger partial charge in [0.1, 0.15) is 0 Å². The molecule has 0 aromatic rings. The molecular weight excluding hydrogens is 209 g/mol. The Morgan fingerprint density at radius 2 is 2.07 bits per heavy atom. The van der Waals surface area contributed by atoms with Crippen LogP contribution in [0.2, 0.25) is 0 Å². The van der Waals surface area contributed by atoms with Gasteiger partial charge < -0.3 is 9.47 Å². The number of hydrogen-bond acceptors (Lipinski definition) is 2. The molecule has 0 aromatic carbocycles. The van der Waals surface area contributed by atoms with E-state index in [1.807, 2.05) is 0 Å². The second kappa shape index (κ2) is 6.33. The molecule has 2 nitrogen and oxygen atoms in total. The van der Waals surface area contributed by atoms with Crippen molar-refractivity contribution in [3.8, 4) is 0 Å². The van der Waals surface area contributed by atoms with E-state index in [9.17, 15) is 13.2 Å². The van der Waals surface area contributed by atoms with Gasteiger partial charge in [0.15, 0.2) is 0 Å². The molecule has 1 aliphatic rings. The van der Waals surface area contributed by atoms with Gasteiger partial charge in [0.05, 0.1) is 6.10 Å². The van der Waals surface area contributed by atoms with Crippen LogP contribution in [0.1, 0.15) is 32.1 Å². The number of ether oxygens (including phenoxy) is 2. The van der Waals surface area contributed by atoms with Gasteiger partial charge in [-0.05, 0) is 25.7 Å². The highest BCUT2D eigenvalue weighted by atomic mass is 19.4. The van der Waals surface area contributed by atoms with Crippen molar-refractivity contribution in [3.05, 3.63) is 0 Å². The number of rotatable bonds is 6.